The monoisotopic (exact) mass is 280 g/mol. The molecule has 2 unspecified atom stereocenters. The minimum absolute atomic E-state index is 0.325. The van der Waals surface area contributed by atoms with Crippen LogP contribution >= 0.6 is 0 Å². The van der Waals surface area contributed by atoms with Crippen LogP contribution in [0.2, 0.25) is 0 Å². The Morgan fingerprint density at radius 1 is 1.40 bits per heavy atom. The number of furan rings is 1. The molecule has 2 heterocycles. The third kappa shape index (κ3) is 3.84. The largest absolute Gasteiger partial charge is 0.465 e. The Balaban J connectivity index is 2.02. The SMILES string of the molecule is CCNCc1cc(CN2CC(C)OCC2CC)c(C)o1. The lowest BCUT2D eigenvalue weighted by Gasteiger charge is -2.38. The van der Waals surface area contributed by atoms with E-state index in [1.54, 1.807) is 0 Å². The molecule has 4 heteroatoms. The summed E-state index contributed by atoms with van der Waals surface area (Å²) >= 11 is 0. The zero-order valence-electron chi connectivity index (χ0n) is 13.2. The Morgan fingerprint density at radius 2 is 2.20 bits per heavy atom. The molecule has 1 fully saturated rings. The molecule has 0 spiro atoms. The van der Waals surface area contributed by atoms with E-state index in [2.05, 4.69) is 44.0 Å². The zero-order valence-corrected chi connectivity index (χ0v) is 13.2. The molecular formula is C16H28N2O2. The van der Waals surface area contributed by atoms with Crippen LogP contribution in [0.1, 0.15) is 44.3 Å². The van der Waals surface area contributed by atoms with E-state index in [0.717, 1.165) is 50.7 Å². The fraction of sp³-hybridized carbons (Fsp3) is 0.750. The van der Waals surface area contributed by atoms with Crippen molar-refractivity contribution in [2.45, 2.75) is 59.4 Å². The summed E-state index contributed by atoms with van der Waals surface area (Å²) in [5, 5.41) is 3.31. The topological polar surface area (TPSA) is 37.6 Å². The van der Waals surface area contributed by atoms with Crippen molar-refractivity contribution in [3.05, 3.63) is 23.2 Å². The van der Waals surface area contributed by atoms with Gasteiger partial charge < -0.3 is 14.5 Å². The Kier molecular flexibility index (Phi) is 5.64. The van der Waals surface area contributed by atoms with E-state index in [0.29, 0.717) is 12.1 Å². The molecule has 114 valence electrons. The van der Waals surface area contributed by atoms with Gasteiger partial charge in [0.25, 0.3) is 0 Å². The highest BCUT2D eigenvalue weighted by atomic mass is 16.5. The minimum Gasteiger partial charge on any atom is -0.465 e. The Morgan fingerprint density at radius 3 is 2.90 bits per heavy atom. The summed E-state index contributed by atoms with van der Waals surface area (Å²) in [6, 6.07) is 2.72. The number of morpholine rings is 1. The third-order valence-corrected chi connectivity index (χ3v) is 4.05. The van der Waals surface area contributed by atoms with Crippen molar-refractivity contribution >= 4 is 0 Å². The van der Waals surface area contributed by atoms with Crippen LogP contribution in [0.15, 0.2) is 10.5 Å². The van der Waals surface area contributed by atoms with Crippen molar-refractivity contribution in [3.8, 4) is 0 Å². The first-order valence-corrected chi connectivity index (χ1v) is 7.78. The Hall–Kier alpha value is -0.840. The maximum atomic E-state index is 5.83. The molecular weight excluding hydrogens is 252 g/mol. The van der Waals surface area contributed by atoms with E-state index in [1.165, 1.54) is 5.56 Å². The van der Waals surface area contributed by atoms with Crippen LogP contribution < -0.4 is 5.32 Å². The smallest absolute Gasteiger partial charge is 0.118 e. The van der Waals surface area contributed by atoms with Gasteiger partial charge in [0.1, 0.15) is 11.5 Å². The van der Waals surface area contributed by atoms with Gasteiger partial charge in [0.15, 0.2) is 0 Å². The molecule has 4 nitrogen and oxygen atoms in total. The Bertz CT molecular complexity index is 417. The number of hydrogen-bond donors (Lipinski definition) is 1. The van der Waals surface area contributed by atoms with Gasteiger partial charge in [0.2, 0.25) is 0 Å². The first-order valence-electron chi connectivity index (χ1n) is 7.78. The summed E-state index contributed by atoms with van der Waals surface area (Å²) in [4.78, 5) is 2.53. The normalized spacial score (nSPS) is 24.2. The second-order valence-electron chi connectivity index (χ2n) is 5.71. The van der Waals surface area contributed by atoms with Crippen molar-refractivity contribution in [3.63, 3.8) is 0 Å². The third-order valence-electron chi connectivity index (χ3n) is 4.05. The van der Waals surface area contributed by atoms with E-state index >= 15 is 0 Å². The average molecular weight is 280 g/mol. The molecule has 1 saturated heterocycles. The lowest BCUT2D eigenvalue weighted by atomic mass is 10.1. The standard InChI is InChI=1S/C16H28N2O2/c1-5-15-11-19-12(3)9-18(15)10-14-7-16(8-17-6-2)20-13(14)4/h7,12,15,17H,5-6,8-11H2,1-4H3. The van der Waals surface area contributed by atoms with Crippen LogP contribution in [-0.4, -0.2) is 36.7 Å². The van der Waals surface area contributed by atoms with Crippen molar-refractivity contribution in [2.75, 3.05) is 19.7 Å². The molecule has 0 saturated carbocycles. The van der Waals surface area contributed by atoms with Gasteiger partial charge in [0.05, 0.1) is 19.3 Å². The van der Waals surface area contributed by atoms with Crippen LogP contribution in [0.4, 0.5) is 0 Å². The summed E-state index contributed by atoms with van der Waals surface area (Å²) in [5.74, 6) is 2.08. The van der Waals surface area contributed by atoms with Crippen molar-refractivity contribution in [2.24, 2.45) is 0 Å². The van der Waals surface area contributed by atoms with Crippen LogP contribution in [0.25, 0.3) is 0 Å². The van der Waals surface area contributed by atoms with Gasteiger partial charge in [-0.25, -0.2) is 0 Å². The molecule has 1 aromatic rings. The van der Waals surface area contributed by atoms with Crippen molar-refractivity contribution in [1.29, 1.82) is 0 Å². The molecule has 0 bridgehead atoms. The maximum absolute atomic E-state index is 5.83. The van der Waals surface area contributed by atoms with E-state index in [9.17, 15) is 0 Å². The van der Waals surface area contributed by atoms with Crippen molar-refractivity contribution < 1.29 is 9.15 Å². The second-order valence-corrected chi connectivity index (χ2v) is 5.71. The van der Waals surface area contributed by atoms with Gasteiger partial charge >= 0.3 is 0 Å². The predicted molar refractivity (Wildman–Crippen MR) is 80.7 cm³/mol. The molecule has 2 atom stereocenters. The van der Waals surface area contributed by atoms with Gasteiger partial charge in [-0.2, -0.15) is 0 Å². The molecule has 0 radical (unpaired) electrons. The van der Waals surface area contributed by atoms with E-state index < -0.39 is 0 Å². The molecule has 20 heavy (non-hydrogen) atoms. The fourth-order valence-corrected chi connectivity index (χ4v) is 2.78. The van der Waals surface area contributed by atoms with Crippen LogP contribution in [-0.2, 0) is 17.8 Å². The van der Waals surface area contributed by atoms with Crippen LogP contribution in [0, 0.1) is 6.92 Å². The lowest BCUT2D eigenvalue weighted by molar-refractivity contribution is -0.0593. The number of aryl methyl sites for hydroxylation is 1. The van der Waals surface area contributed by atoms with E-state index in [4.69, 9.17) is 9.15 Å². The number of ether oxygens (including phenoxy) is 1. The van der Waals surface area contributed by atoms with Crippen LogP contribution in [0.3, 0.4) is 0 Å². The van der Waals surface area contributed by atoms with Gasteiger partial charge in [-0.1, -0.05) is 13.8 Å². The fourth-order valence-electron chi connectivity index (χ4n) is 2.78. The number of hydrogen-bond acceptors (Lipinski definition) is 4. The predicted octanol–water partition coefficient (Wildman–Crippen LogP) is 2.70. The molecule has 2 rings (SSSR count). The molecule has 1 aliphatic heterocycles. The van der Waals surface area contributed by atoms with Gasteiger partial charge in [-0.3, -0.25) is 4.90 Å². The summed E-state index contributed by atoms with van der Waals surface area (Å²) < 4.78 is 11.6. The van der Waals surface area contributed by atoms with Crippen molar-refractivity contribution in [1.82, 2.24) is 10.2 Å². The quantitative estimate of drug-likeness (QED) is 0.869. The van der Waals surface area contributed by atoms with Gasteiger partial charge in [-0.05, 0) is 32.9 Å². The molecule has 1 N–H and O–H groups in total. The number of rotatable bonds is 6. The first-order chi connectivity index (χ1) is 9.63. The van der Waals surface area contributed by atoms with Gasteiger partial charge in [-0.15, -0.1) is 0 Å². The number of nitrogens with one attached hydrogen (secondary N) is 1. The maximum Gasteiger partial charge on any atom is 0.118 e. The first kappa shape index (κ1) is 15.5. The Labute approximate surface area is 122 Å². The summed E-state index contributed by atoms with van der Waals surface area (Å²) in [7, 11) is 0. The molecule has 1 aliphatic rings. The molecule has 0 aromatic carbocycles. The number of nitrogens with zero attached hydrogens (tertiary/aromatic N) is 1. The summed E-state index contributed by atoms with van der Waals surface area (Å²) in [6.45, 7) is 13.2. The molecule has 1 aromatic heterocycles. The molecule has 0 amide bonds. The molecule has 0 aliphatic carbocycles. The summed E-state index contributed by atoms with van der Waals surface area (Å²) in [6.07, 6.45) is 1.46. The van der Waals surface area contributed by atoms with Gasteiger partial charge in [0, 0.05) is 24.7 Å². The summed E-state index contributed by atoms with van der Waals surface area (Å²) in [5.41, 5.74) is 1.31. The van der Waals surface area contributed by atoms with Crippen LogP contribution in [0.5, 0.6) is 0 Å². The average Bonchev–Trinajstić information content (AvgIpc) is 2.77. The van der Waals surface area contributed by atoms with E-state index in [-0.39, 0.29) is 0 Å². The van der Waals surface area contributed by atoms with E-state index in [1.807, 2.05) is 0 Å². The zero-order chi connectivity index (χ0) is 14.5. The highest BCUT2D eigenvalue weighted by Crippen LogP contribution is 2.21. The highest BCUT2D eigenvalue weighted by molar-refractivity contribution is 5.21. The lowest BCUT2D eigenvalue weighted by Crippen LogP contribution is -2.47. The minimum atomic E-state index is 0.325. The highest BCUT2D eigenvalue weighted by Gasteiger charge is 2.26. The second kappa shape index (κ2) is 7.25.